The van der Waals surface area contributed by atoms with Crippen molar-refractivity contribution in [3.8, 4) is 0 Å². The molecule has 0 saturated carbocycles. The Morgan fingerprint density at radius 3 is 2.61 bits per heavy atom. The highest BCUT2D eigenvalue weighted by Crippen LogP contribution is 2.29. The number of benzene rings is 1. The van der Waals surface area contributed by atoms with Gasteiger partial charge in [-0.2, -0.15) is 13.2 Å². The van der Waals surface area contributed by atoms with Gasteiger partial charge in [-0.3, -0.25) is 4.79 Å². The van der Waals surface area contributed by atoms with Gasteiger partial charge in [0.25, 0.3) is 0 Å². The molecule has 1 amide bonds. The van der Waals surface area contributed by atoms with E-state index in [1.165, 1.54) is 6.07 Å². The largest absolute Gasteiger partial charge is 0.416 e. The lowest BCUT2D eigenvalue weighted by molar-refractivity contribution is -0.138. The molecule has 1 aromatic carbocycles. The fourth-order valence-corrected chi connectivity index (χ4v) is 2.90. The molecule has 3 nitrogen and oxygen atoms in total. The van der Waals surface area contributed by atoms with Crippen molar-refractivity contribution in [3.63, 3.8) is 0 Å². The lowest BCUT2D eigenvalue weighted by atomic mass is 9.93. The van der Waals surface area contributed by atoms with Crippen LogP contribution in [0.5, 0.6) is 0 Å². The second-order valence-corrected chi connectivity index (χ2v) is 5.98. The van der Waals surface area contributed by atoms with E-state index < -0.39 is 11.7 Å². The molecule has 0 N–H and O–H groups in total. The number of alkyl halides is 3. The van der Waals surface area contributed by atoms with E-state index in [1.807, 2.05) is 0 Å². The smallest absolute Gasteiger partial charge is 0.385 e. The maximum atomic E-state index is 12.7. The van der Waals surface area contributed by atoms with Gasteiger partial charge in [0.1, 0.15) is 0 Å². The molecule has 1 fully saturated rings. The Kier molecular flexibility index (Phi) is 6.04. The number of amides is 1. The van der Waals surface area contributed by atoms with Crippen LogP contribution in [-0.2, 0) is 22.1 Å². The number of carbonyl (C=O) groups excluding carboxylic acids is 1. The minimum Gasteiger partial charge on any atom is -0.385 e. The molecule has 128 valence electrons. The van der Waals surface area contributed by atoms with Crippen LogP contribution in [0.25, 0.3) is 0 Å². The second-order valence-electron chi connectivity index (χ2n) is 5.98. The van der Waals surface area contributed by atoms with Crippen molar-refractivity contribution in [1.82, 2.24) is 4.90 Å². The lowest BCUT2D eigenvalue weighted by Crippen LogP contribution is -2.39. The molecule has 0 radical (unpaired) electrons. The summed E-state index contributed by atoms with van der Waals surface area (Å²) in [6, 6.07) is 5.00. The number of likely N-dealkylation sites (tertiary alicyclic amines) is 1. The van der Waals surface area contributed by atoms with Crippen molar-refractivity contribution in [2.24, 2.45) is 5.92 Å². The minimum atomic E-state index is -4.38. The normalized spacial score (nSPS) is 16.6. The Morgan fingerprint density at radius 1 is 1.30 bits per heavy atom. The van der Waals surface area contributed by atoms with Crippen LogP contribution >= 0.6 is 0 Å². The van der Waals surface area contributed by atoms with Crippen LogP contribution in [0.4, 0.5) is 13.2 Å². The fourth-order valence-electron chi connectivity index (χ4n) is 2.90. The Morgan fingerprint density at radius 2 is 2.00 bits per heavy atom. The first-order valence-electron chi connectivity index (χ1n) is 7.83. The van der Waals surface area contributed by atoms with Crippen molar-refractivity contribution in [2.75, 3.05) is 26.8 Å². The molecule has 0 spiro atoms. The lowest BCUT2D eigenvalue weighted by Gasteiger charge is -2.32. The summed E-state index contributed by atoms with van der Waals surface area (Å²) in [5.74, 6) is 0.460. The predicted octanol–water partition coefficient (Wildman–Crippen LogP) is 3.52. The van der Waals surface area contributed by atoms with Crippen LogP contribution in [0, 0.1) is 5.92 Å². The molecule has 6 heteroatoms. The van der Waals surface area contributed by atoms with Crippen LogP contribution in [0.15, 0.2) is 24.3 Å². The number of methoxy groups -OCH3 is 1. The van der Waals surface area contributed by atoms with Gasteiger partial charge in [-0.05, 0) is 36.8 Å². The van der Waals surface area contributed by atoms with Crippen LogP contribution in [0.1, 0.15) is 30.4 Å². The molecule has 1 aliphatic heterocycles. The summed E-state index contributed by atoms with van der Waals surface area (Å²) in [5.41, 5.74) is -0.299. The zero-order valence-electron chi connectivity index (χ0n) is 13.2. The Labute approximate surface area is 134 Å². The van der Waals surface area contributed by atoms with Gasteiger partial charge in [0.2, 0.25) is 5.91 Å². The summed E-state index contributed by atoms with van der Waals surface area (Å²) in [6.07, 6.45) is -1.51. The summed E-state index contributed by atoms with van der Waals surface area (Å²) < 4.78 is 43.2. The highest BCUT2D eigenvalue weighted by atomic mass is 19.4. The summed E-state index contributed by atoms with van der Waals surface area (Å²) in [4.78, 5) is 14.0. The third kappa shape index (κ3) is 5.23. The SMILES string of the molecule is COCCC1CCN(C(=O)Cc2cccc(C(F)(F)F)c2)CC1. The summed E-state index contributed by atoms with van der Waals surface area (Å²) in [5, 5.41) is 0. The summed E-state index contributed by atoms with van der Waals surface area (Å²) in [6.45, 7) is 2.07. The number of rotatable bonds is 5. The maximum absolute atomic E-state index is 12.7. The molecule has 1 heterocycles. The number of hydrogen-bond donors (Lipinski definition) is 0. The highest BCUT2D eigenvalue weighted by Gasteiger charge is 2.30. The standard InChI is InChI=1S/C17H22F3NO2/c1-23-10-7-13-5-8-21(9-6-13)16(22)12-14-3-2-4-15(11-14)17(18,19)20/h2-4,11,13H,5-10,12H2,1H3. The summed E-state index contributed by atoms with van der Waals surface area (Å²) >= 11 is 0. The third-order valence-electron chi connectivity index (χ3n) is 4.31. The minimum absolute atomic E-state index is 0.0205. The van der Waals surface area contributed by atoms with Crippen molar-refractivity contribution in [2.45, 2.75) is 31.9 Å². The molecular weight excluding hydrogens is 307 g/mol. The second kappa shape index (κ2) is 7.81. The Bertz CT molecular complexity index is 523. The first-order valence-corrected chi connectivity index (χ1v) is 7.83. The van der Waals surface area contributed by atoms with E-state index in [9.17, 15) is 18.0 Å². The zero-order valence-corrected chi connectivity index (χ0v) is 13.2. The van der Waals surface area contributed by atoms with Crippen LogP contribution < -0.4 is 0 Å². The zero-order chi connectivity index (χ0) is 16.9. The Balaban J connectivity index is 1.88. The van der Waals surface area contributed by atoms with E-state index in [0.717, 1.165) is 38.0 Å². The van der Waals surface area contributed by atoms with E-state index in [1.54, 1.807) is 18.1 Å². The van der Waals surface area contributed by atoms with Gasteiger partial charge >= 0.3 is 6.18 Å². The molecule has 2 rings (SSSR count). The third-order valence-corrected chi connectivity index (χ3v) is 4.31. The van der Waals surface area contributed by atoms with Gasteiger partial charge in [-0.15, -0.1) is 0 Å². The number of piperidine rings is 1. The van der Waals surface area contributed by atoms with Crippen LogP contribution in [-0.4, -0.2) is 37.6 Å². The fraction of sp³-hybridized carbons (Fsp3) is 0.588. The molecule has 0 bridgehead atoms. The molecule has 0 aromatic heterocycles. The molecule has 1 saturated heterocycles. The monoisotopic (exact) mass is 329 g/mol. The van der Waals surface area contributed by atoms with Crippen LogP contribution in [0.2, 0.25) is 0 Å². The van der Waals surface area contributed by atoms with E-state index >= 15 is 0 Å². The van der Waals surface area contributed by atoms with Crippen LogP contribution in [0.3, 0.4) is 0 Å². The quantitative estimate of drug-likeness (QED) is 0.827. The summed E-state index contributed by atoms with van der Waals surface area (Å²) in [7, 11) is 1.67. The molecule has 23 heavy (non-hydrogen) atoms. The van der Waals surface area contributed by atoms with Gasteiger partial charge in [0.05, 0.1) is 12.0 Å². The molecule has 0 unspecified atom stereocenters. The highest BCUT2D eigenvalue weighted by molar-refractivity contribution is 5.78. The van der Waals surface area contributed by atoms with Gasteiger partial charge in [-0.1, -0.05) is 18.2 Å². The predicted molar refractivity (Wildman–Crippen MR) is 80.9 cm³/mol. The average Bonchev–Trinajstić information content (AvgIpc) is 2.53. The van der Waals surface area contributed by atoms with E-state index in [4.69, 9.17) is 4.74 Å². The molecular formula is C17H22F3NO2. The van der Waals surface area contributed by atoms with Crippen molar-refractivity contribution >= 4 is 5.91 Å². The van der Waals surface area contributed by atoms with Crippen molar-refractivity contribution in [3.05, 3.63) is 35.4 Å². The van der Waals surface area contributed by atoms with Crippen molar-refractivity contribution < 1.29 is 22.7 Å². The average molecular weight is 329 g/mol. The number of carbonyl (C=O) groups is 1. The number of ether oxygens (including phenoxy) is 1. The molecule has 0 atom stereocenters. The van der Waals surface area contributed by atoms with E-state index in [-0.39, 0.29) is 12.3 Å². The number of halogens is 3. The number of nitrogens with zero attached hydrogens (tertiary/aromatic N) is 1. The number of hydrogen-bond acceptors (Lipinski definition) is 2. The van der Waals surface area contributed by atoms with Gasteiger partial charge in [0.15, 0.2) is 0 Å². The van der Waals surface area contributed by atoms with Gasteiger partial charge in [-0.25, -0.2) is 0 Å². The Hall–Kier alpha value is -1.56. The maximum Gasteiger partial charge on any atom is 0.416 e. The molecule has 0 aliphatic carbocycles. The van der Waals surface area contributed by atoms with Crippen molar-refractivity contribution in [1.29, 1.82) is 0 Å². The van der Waals surface area contributed by atoms with E-state index in [0.29, 0.717) is 24.6 Å². The van der Waals surface area contributed by atoms with Gasteiger partial charge in [0, 0.05) is 26.8 Å². The first kappa shape index (κ1) is 17.8. The van der Waals surface area contributed by atoms with Gasteiger partial charge < -0.3 is 9.64 Å². The van der Waals surface area contributed by atoms with E-state index in [2.05, 4.69) is 0 Å². The first-order chi connectivity index (χ1) is 10.9. The molecule has 1 aliphatic rings. The molecule has 1 aromatic rings. The topological polar surface area (TPSA) is 29.5 Å².